The molecule has 0 radical (unpaired) electrons. The van der Waals surface area contributed by atoms with Gasteiger partial charge in [-0.3, -0.25) is 0 Å². The Kier molecular flexibility index (Phi) is 7.14. The first kappa shape index (κ1) is 23.2. The van der Waals surface area contributed by atoms with Crippen LogP contribution in [0.2, 0.25) is 0 Å². The lowest BCUT2D eigenvalue weighted by molar-refractivity contribution is 0.564. The second-order valence-electron chi connectivity index (χ2n) is 7.36. The first-order valence-corrected chi connectivity index (χ1v) is 13.9. The van der Waals surface area contributed by atoms with Crippen molar-refractivity contribution in [1.29, 1.82) is 0 Å². The molecule has 0 bridgehead atoms. The molecule has 4 rings (SSSR count). The van der Waals surface area contributed by atoms with E-state index in [4.69, 9.17) is 0 Å². The summed E-state index contributed by atoms with van der Waals surface area (Å²) in [5, 5.41) is 3.71. The average molecular weight is 675 g/mol. The van der Waals surface area contributed by atoms with Crippen LogP contribution in [0.4, 0.5) is 0 Å². The third-order valence-electron chi connectivity index (χ3n) is 4.87. The van der Waals surface area contributed by atoms with Gasteiger partial charge in [0.1, 0.15) is 11.0 Å². The molecule has 2 atom stereocenters. The Hall–Kier alpha value is -0.920. The van der Waals surface area contributed by atoms with Crippen LogP contribution in [0.1, 0.15) is 13.8 Å². The molecule has 0 fully saturated rings. The lowest BCUT2D eigenvalue weighted by Crippen LogP contribution is -2.26. The highest BCUT2D eigenvalue weighted by Crippen LogP contribution is 2.44. The van der Waals surface area contributed by atoms with Crippen molar-refractivity contribution in [3.8, 4) is 11.1 Å². The molecule has 2 unspecified atom stereocenters. The molecule has 4 aromatic rings. The van der Waals surface area contributed by atoms with Crippen molar-refractivity contribution >= 4 is 88.8 Å². The van der Waals surface area contributed by atoms with Crippen molar-refractivity contribution in [2.45, 2.75) is 29.7 Å². The highest BCUT2D eigenvalue weighted by Gasteiger charge is 2.26. The fourth-order valence-electron chi connectivity index (χ4n) is 3.71. The van der Waals surface area contributed by atoms with Crippen LogP contribution in [0, 0.1) is 7.14 Å². The maximum Gasteiger partial charge on any atom is 0.188 e. The monoisotopic (exact) mass is 675 g/mol. The Labute approximate surface area is 213 Å². The molecule has 0 aliphatic heterocycles. The standard InChI is InChI=1S/C23H19I2NO3S2/c1-13(2)26-30(27)22-18(24)11-14-7-3-5-9-16(14)20(22)21-17-10-6-4-8-15(17)12-19(25)23(21)31(28)29/h3-13,26H,1-2H3,(H,28,29). The number of hydrogen-bond acceptors (Lipinski definition) is 2. The van der Waals surface area contributed by atoms with Crippen LogP contribution in [0.5, 0.6) is 0 Å². The molecule has 31 heavy (non-hydrogen) atoms. The van der Waals surface area contributed by atoms with Crippen molar-refractivity contribution in [1.82, 2.24) is 4.72 Å². The topological polar surface area (TPSA) is 66.4 Å². The predicted octanol–water partition coefficient (Wildman–Crippen LogP) is 6.47. The first-order chi connectivity index (χ1) is 14.8. The van der Waals surface area contributed by atoms with Crippen LogP contribution in [-0.2, 0) is 22.1 Å². The van der Waals surface area contributed by atoms with Gasteiger partial charge in [0.2, 0.25) is 0 Å². The molecule has 4 nitrogen and oxygen atoms in total. The summed E-state index contributed by atoms with van der Waals surface area (Å²) in [5.41, 5.74) is 1.40. The number of nitrogens with one attached hydrogen (secondary N) is 1. The third-order valence-corrected chi connectivity index (χ3v) is 9.55. The van der Waals surface area contributed by atoms with Crippen LogP contribution < -0.4 is 4.72 Å². The van der Waals surface area contributed by atoms with Crippen molar-refractivity contribution < 1.29 is 13.0 Å². The molecule has 4 aromatic carbocycles. The van der Waals surface area contributed by atoms with E-state index in [2.05, 4.69) is 49.9 Å². The van der Waals surface area contributed by atoms with E-state index >= 15 is 0 Å². The maximum absolute atomic E-state index is 13.5. The van der Waals surface area contributed by atoms with Crippen molar-refractivity contribution in [3.05, 3.63) is 67.8 Å². The maximum atomic E-state index is 13.5. The Morgan fingerprint density at radius 1 is 0.806 bits per heavy atom. The molecule has 0 heterocycles. The third kappa shape index (κ3) is 4.47. The van der Waals surface area contributed by atoms with Gasteiger partial charge in [-0.15, -0.1) is 0 Å². The minimum atomic E-state index is -2.22. The van der Waals surface area contributed by atoms with Crippen LogP contribution in [0.3, 0.4) is 0 Å². The molecular formula is C23H19I2NO3S2. The molecule has 0 aliphatic carbocycles. The Bertz CT molecular complexity index is 1370. The molecule has 160 valence electrons. The van der Waals surface area contributed by atoms with E-state index in [1.807, 2.05) is 74.5 Å². The van der Waals surface area contributed by atoms with Crippen molar-refractivity contribution in [2.24, 2.45) is 0 Å². The summed E-state index contributed by atoms with van der Waals surface area (Å²) >= 11 is 2.10. The van der Waals surface area contributed by atoms with Gasteiger partial charge in [0.15, 0.2) is 11.1 Å². The molecule has 0 amide bonds. The van der Waals surface area contributed by atoms with E-state index in [0.29, 0.717) is 18.9 Å². The SMILES string of the molecule is CC(C)NS(=O)c1c(I)cc2ccccc2c1-c1c(S(=O)O)c(I)cc2ccccc12. The minimum Gasteiger partial charge on any atom is -0.302 e. The van der Waals surface area contributed by atoms with Gasteiger partial charge >= 0.3 is 0 Å². The van der Waals surface area contributed by atoms with E-state index in [9.17, 15) is 13.0 Å². The Morgan fingerprint density at radius 2 is 1.26 bits per heavy atom. The van der Waals surface area contributed by atoms with Crippen LogP contribution in [0.15, 0.2) is 70.5 Å². The van der Waals surface area contributed by atoms with Crippen LogP contribution >= 0.6 is 45.2 Å². The fraction of sp³-hybridized carbons (Fsp3) is 0.130. The minimum absolute atomic E-state index is 0.00931. The zero-order valence-electron chi connectivity index (χ0n) is 16.7. The van der Waals surface area contributed by atoms with Gasteiger partial charge in [-0.25, -0.2) is 13.1 Å². The van der Waals surface area contributed by atoms with Crippen LogP contribution in [-0.4, -0.2) is 19.0 Å². The molecule has 0 saturated carbocycles. The number of hydrogen-bond donors (Lipinski definition) is 2. The number of benzene rings is 4. The smallest absolute Gasteiger partial charge is 0.188 e. The summed E-state index contributed by atoms with van der Waals surface area (Å²) in [5.74, 6) is 0. The zero-order chi connectivity index (χ0) is 22.3. The Balaban J connectivity index is 2.26. The zero-order valence-corrected chi connectivity index (χ0v) is 22.6. The van der Waals surface area contributed by atoms with E-state index in [0.717, 1.165) is 30.7 Å². The molecule has 0 aliphatic rings. The van der Waals surface area contributed by atoms with E-state index in [1.165, 1.54) is 0 Å². The second-order valence-corrected chi connectivity index (χ2v) is 11.8. The van der Waals surface area contributed by atoms with Gasteiger partial charge < -0.3 is 4.55 Å². The number of fused-ring (bicyclic) bond motifs is 2. The highest BCUT2D eigenvalue weighted by molar-refractivity contribution is 14.1. The van der Waals surface area contributed by atoms with E-state index < -0.39 is 22.1 Å². The molecule has 2 N–H and O–H groups in total. The summed E-state index contributed by atoms with van der Waals surface area (Å²) < 4.78 is 41.0. The summed E-state index contributed by atoms with van der Waals surface area (Å²) in [4.78, 5) is 0.973. The lowest BCUT2D eigenvalue weighted by atomic mass is 9.93. The molecular weight excluding hydrogens is 656 g/mol. The van der Waals surface area contributed by atoms with Gasteiger partial charge in [-0.05, 0) is 92.7 Å². The van der Waals surface area contributed by atoms with E-state index in [-0.39, 0.29) is 6.04 Å². The molecule has 0 aromatic heterocycles. The molecule has 0 spiro atoms. The van der Waals surface area contributed by atoms with Gasteiger partial charge in [0, 0.05) is 24.3 Å². The van der Waals surface area contributed by atoms with Gasteiger partial charge in [0.25, 0.3) is 0 Å². The number of rotatable bonds is 5. The van der Waals surface area contributed by atoms with Gasteiger partial charge in [-0.1, -0.05) is 48.5 Å². The van der Waals surface area contributed by atoms with E-state index in [1.54, 1.807) is 0 Å². The quantitative estimate of drug-likeness (QED) is 0.188. The normalized spacial score (nSPS) is 13.7. The number of halogens is 2. The van der Waals surface area contributed by atoms with Gasteiger partial charge in [0.05, 0.1) is 9.79 Å². The highest BCUT2D eigenvalue weighted by atomic mass is 127. The Morgan fingerprint density at radius 3 is 1.74 bits per heavy atom. The second kappa shape index (κ2) is 9.52. The molecule has 8 heteroatoms. The fourth-order valence-corrected chi connectivity index (χ4v) is 7.88. The van der Waals surface area contributed by atoms with Crippen LogP contribution in [0.25, 0.3) is 32.7 Å². The molecule has 0 saturated heterocycles. The predicted molar refractivity (Wildman–Crippen MR) is 146 cm³/mol. The summed E-state index contributed by atoms with van der Waals surface area (Å²) in [6.07, 6.45) is 0. The first-order valence-electron chi connectivity index (χ1n) is 9.51. The summed E-state index contributed by atoms with van der Waals surface area (Å²) in [7, 11) is -1.50. The van der Waals surface area contributed by atoms with Crippen molar-refractivity contribution in [2.75, 3.05) is 0 Å². The lowest BCUT2D eigenvalue weighted by Gasteiger charge is -2.20. The van der Waals surface area contributed by atoms with Crippen molar-refractivity contribution in [3.63, 3.8) is 0 Å². The average Bonchev–Trinajstić information content (AvgIpc) is 2.71. The largest absolute Gasteiger partial charge is 0.302 e. The van der Waals surface area contributed by atoms with Gasteiger partial charge in [-0.2, -0.15) is 0 Å². The summed E-state index contributed by atoms with van der Waals surface area (Å²) in [6, 6.07) is 19.6. The summed E-state index contributed by atoms with van der Waals surface area (Å²) in [6.45, 7) is 3.89.